The van der Waals surface area contributed by atoms with Crippen LogP contribution in [0.25, 0.3) is 0 Å². The van der Waals surface area contributed by atoms with E-state index < -0.39 is 0 Å². The molecule has 5 heteroatoms. The Kier molecular flexibility index (Phi) is 6.18. The molecule has 1 atom stereocenters. The first-order valence-corrected chi connectivity index (χ1v) is 6.02. The van der Waals surface area contributed by atoms with Crippen molar-refractivity contribution in [2.75, 3.05) is 33.4 Å². The van der Waals surface area contributed by atoms with Crippen LogP contribution in [-0.4, -0.2) is 50.3 Å². The van der Waals surface area contributed by atoms with Gasteiger partial charge < -0.3 is 20.7 Å². The van der Waals surface area contributed by atoms with Crippen LogP contribution in [-0.2, 0) is 4.74 Å². The number of hydrogen-bond donors (Lipinski definition) is 2. The quantitative estimate of drug-likeness (QED) is 0.723. The van der Waals surface area contributed by atoms with Gasteiger partial charge in [0.05, 0.1) is 12.6 Å². The van der Waals surface area contributed by atoms with Crippen molar-refractivity contribution in [3.05, 3.63) is 0 Å². The van der Waals surface area contributed by atoms with E-state index in [0.29, 0.717) is 13.2 Å². The molecule has 1 heterocycles. The molecule has 1 aliphatic rings. The maximum Gasteiger partial charge on any atom is 0.317 e. The van der Waals surface area contributed by atoms with Crippen molar-refractivity contribution in [2.45, 2.75) is 31.7 Å². The second-order valence-electron chi connectivity index (χ2n) is 4.23. The average Bonchev–Trinajstić information content (AvgIpc) is 2.31. The van der Waals surface area contributed by atoms with Gasteiger partial charge in [0, 0.05) is 20.2 Å². The Hall–Kier alpha value is -0.810. The summed E-state index contributed by atoms with van der Waals surface area (Å²) in [7, 11) is 1.64. The summed E-state index contributed by atoms with van der Waals surface area (Å²) in [5, 5.41) is 2.97. The van der Waals surface area contributed by atoms with Crippen LogP contribution in [0.2, 0.25) is 0 Å². The van der Waals surface area contributed by atoms with E-state index in [0.717, 1.165) is 32.4 Å². The largest absolute Gasteiger partial charge is 0.383 e. The number of carbonyl (C=O) groups excluding carboxylic acids is 1. The highest BCUT2D eigenvalue weighted by Crippen LogP contribution is 2.08. The number of carbonyl (C=O) groups is 1. The van der Waals surface area contributed by atoms with Crippen LogP contribution in [0, 0.1) is 0 Å². The Bertz CT molecular complexity index is 199. The van der Waals surface area contributed by atoms with Crippen molar-refractivity contribution in [3.8, 4) is 0 Å². The van der Waals surface area contributed by atoms with Crippen LogP contribution in [0.4, 0.5) is 4.79 Å². The zero-order valence-electron chi connectivity index (χ0n) is 10.1. The van der Waals surface area contributed by atoms with E-state index in [1.165, 1.54) is 6.42 Å². The zero-order valence-corrected chi connectivity index (χ0v) is 10.1. The van der Waals surface area contributed by atoms with Crippen LogP contribution in [0.1, 0.15) is 25.7 Å². The molecule has 1 saturated heterocycles. The number of likely N-dealkylation sites (tertiary alicyclic amines) is 1. The molecular formula is C11H23N3O2. The maximum absolute atomic E-state index is 11.9. The van der Waals surface area contributed by atoms with E-state index in [4.69, 9.17) is 10.5 Å². The van der Waals surface area contributed by atoms with Crippen molar-refractivity contribution in [1.29, 1.82) is 0 Å². The number of piperidine rings is 1. The highest BCUT2D eigenvalue weighted by Gasteiger charge is 2.19. The third-order valence-corrected chi connectivity index (χ3v) is 2.85. The molecule has 5 nitrogen and oxygen atoms in total. The molecule has 0 radical (unpaired) electrons. The first kappa shape index (κ1) is 13.3. The van der Waals surface area contributed by atoms with Gasteiger partial charge in [0.1, 0.15) is 0 Å². The number of methoxy groups -OCH3 is 1. The fourth-order valence-corrected chi connectivity index (χ4v) is 1.96. The van der Waals surface area contributed by atoms with Crippen molar-refractivity contribution in [3.63, 3.8) is 0 Å². The van der Waals surface area contributed by atoms with Gasteiger partial charge in [0.25, 0.3) is 0 Å². The van der Waals surface area contributed by atoms with Gasteiger partial charge in [-0.3, -0.25) is 0 Å². The van der Waals surface area contributed by atoms with Gasteiger partial charge in [-0.25, -0.2) is 4.79 Å². The average molecular weight is 229 g/mol. The van der Waals surface area contributed by atoms with Gasteiger partial charge in [-0.2, -0.15) is 0 Å². The summed E-state index contributed by atoms with van der Waals surface area (Å²) < 4.78 is 5.06. The van der Waals surface area contributed by atoms with Crippen LogP contribution in [0.3, 0.4) is 0 Å². The monoisotopic (exact) mass is 229 g/mol. The summed E-state index contributed by atoms with van der Waals surface area (Å²) in [5.74, 6) is 0. The zero-order chi connectivity index (χ0) is 11.8. The molecule has 0 aromatic rings. The SMILES string of the molecule is COCC(CCN)NC(=O)N1CCCCC1. The minimum atomic E-state index is 0.0233. The predicted molar refractivity (Wildman–Crippen MR) is 63.3 cm³/mol. The fourth-order valence-electron chi connectivity index (χ4n) is 1.96. The Labute approximate surface area is 97.3 Å². The molecule has 1 fully saturated rings. The Morgan fingerprint density at radius 2 is 2.12 bits per heavy atom. The van der Waals surface area contributed by atoms with Crippen molar-refractivity contribution >= 4 is 6.03 Å². The Balaban J connectivity index is 2.33. The van der Waals surface area contributed by atoms with E-state index in [1.807, 2.05) is 4.90 Å². The number of nitrogens with one attached hydrogen (secondary N) is 1. The Morgan fingerprint density at radius 1 is 1.44 bits per heavy atom. The van der Waals surface area contributed by atoms with Gasteiger partial charge in [-0.05, 0) is 32.2 Å². The van der Waals surface area contributed by atoms with Crippen LogP contribution >= 0.6 is 0 Å². The summed E-state index contributed by atoms with van der Waals surface area (Å²) in [4.78, 5) is 13.8. The predicted octanol–water partition coefficient (Wildman–Crippen LogP) is 0.546. The lowest BCUT2D eigenvalue weighted by Gasteiger charge is -2.29. The first-order valence-electron chi connectivity index (χ1n) is 6.02. The van der Waals surface area contributed by atoms with Gasteiger partial charge in [0.2, 0.25) is 0 Å². The van der Waals surface area contributed by atoms with E-state index in [-0.39, 0.29) is 12.1 Å². The number of nitrogens with zero attached hydrogens (tertiary/aromatic N) is 1. The lowest BCUT2D eigenvalue weighted by Crippen LogP contribution is -2.48. The number of hydrogen-bond acceptors (Lipinski definition) is 3. The molecule has 0 saturated carbocycles. The standard InChI is InChI=1S/C11H23N3O2/c1-16-9-10(5-6-12)13-11(15)14-7-3-2-4-8-14/h10H,2-9,12H2,1H3,(H,13,15). The second kappa shape index (κ2) is 7.46. The van der Waals surface area contributed by atoms with Crippen LogP contribution in [0.5, 0.6) is 0 Å². The number of ether oxygens (including phenoxy) is 1. The summed E-state index contributed by atoms with van der Waals surface area (Å²) >= 11 is 0. The van der Waals surface area contributed by atoms with E-state index >= 15 is 0 Å². The number of nitrogens with two attached hydrogens (primary N) is 1. The van der Waals surface area contributed by atoms with E-state index in [9.17, 15) is 4.79 Å². The molecule has 0 spiro atoms. The molecule has 2 amide bonds. The third kappa shape index (κ3) is 4.37. The van der Waals surface area contributed by atoms with Gasteiger partial charge in [-0.15, -0.1) is 0 Å². The molecule has 0 bridgehead atoms. The van der Waals surface area contributed by atoms with Gasteiger partial charge >= 0.3 is 6.03 Å². The topological polar surface area (TPSA) is 67.6 Å². The van der Waals surface area contributed by atoms with E-state index in [1.54, 1.807) is 7.11 Å². The minimum Gasteiger partial charge on any atom is -0.383 e. The molecule has 0 aromatic heterocycles. The normalized spacial score (nSPS) is 18.2. The van der Waals surface area contributed by atoms with Crippen LogP contribution < -0.4 is 11.1 Å². The summed E-state index contributed by atoms with van der Waals surface area (Å²) in [6.45, 7) is 2.83. The molecule has 1 rings (SSSR count). The lowest BCUT2D eigenvalue weighted by atomic mass is 10.1. The number of amides is 2. The first-order chi connectivity index (χ1) is 7.77. The highest BCUT2D eigenvalue weighted by molar-refractivity contribution is 5.74. The molecule has 3 N–H and O–H groups in total. The van der Waals surface area contributed by atoms with Crippen molar-refractivity contribution < 1.29 is 9.53 Å². The number of rotatable bonds is 5. The van der Waals surface area contributed by atoms with E-state index in [2.05, 4.69) is 5.32 Å². The number of urea groups is 1. The smallest absolute Gasteiger partial charge is 0.317 e. The molecule has 0 aromatic carbocycles. The van der Waals surface area contributed by atoms with Crippen molar-refractivity contribution in [1.82, 2.24) is 10.2 Å². The second-order valence-corrected chi connectivity index (χ2v) is 4.23. The Morgan fingerprint density at radius 3 is 2.69 bits per heavy atom. The molecule has 1 aliphatic heterocycles. The van der Waals surface area contributed by atoms with Gasteiger partial charge in [0.15, 0.2) is 0 Å². The fraction of sp³-hybridized carbons (Fsp3) is 0.909. The third-order valence-electron chi connectivity index (χ3n) is 2.85. The lowest BCUT2D eigenvalue weighted by molar-refractivity contribution is 0.148. The summed E-state index contributed by atoms with van der Waals surface area (Å²) in [5.41, 5.74) is 5.49. The van der Waals surface area contributed by atoms with Crippen LogP contribution in [0.15, 0.2) is 0 Å². The molecule has 94 valence electrons. The molecule has 0 aliphatic carbocycles. The van der Waals surface area contributed by atoms with Crippen molar-refractivity contribution in [2.24, 2.45) is 5.73 Å². The maximum atomic E-state index is 11.9. The highest BCUT2D eigenvalue weighted by atomic mass is 16.5. The molecule has 16 heavy (non-hydrogen) atoms. The molecule has 1 unspecified atom stereocenters. The summed E-state index contributed by atoms with van der Waals surface area (Å²) in [6.07, 6.45) is 4.21. The summed E-state index contributed by atoms with van der Waals surface area (Å²) in [6, 6.07) is 0.0552. The molecular weight excluding hydrogens is 206 g/mol. The van der Waals surface area contributed by atoms with Gasteiger partial charge in [-0.1, -0.05) is 0 Å². The minimum absolute atomic E-state index is 0.0233.